The van der Waals surface area contributed by atoms with E-state index in [1.54, 1.807) is 12.1 Å². The van der Waals surface area contributed by atoms with Crippen molar-refractivity contribution >= 4 is 29.0 Å². The molecule has 0 N–H and O–H groups in total. The minimum atomic E-state index is -0.695. The predicted molar refractivity (Wildman–Crippen MR) is 79.2 cm³/mol. The summed E-state index contributed by atoms with van der Waals surface area (Å²) in [5.41, 5.74) is 0.350. The van der Waals surface area contributed by atoms with Crippen LogP contribution in [0.3, 0.4) is 0 Å². The third-order valence-corrected chi connectivity index (χ3v) is 3.34. The maximum Gasteiger partial charge on any atom is 0.200 e. The average molecular weight is 329 g/mol. The number of carbonyl (C=O) groups is 1. The molecule has 21 heavy (non-hydrogen) atoms. The van der Waals surface area contributed by atoms with Crippen molar-refractivity contribution in [1.82, 2.24) is 0 Å². The van der Waals surface area contributed by atoms with Crippen molar-refractivity contribution in [3.05, 3.63) is 57.8 Å². The molecule has 0 fully saturated rings. The number of benzene rings is 2. The SMILES string of the molecule is COc1ccc(C(=O)COc2cccc(Cl)c2F)cc1Cl. The van der Waals surface area contributed by atoms with Gasteiger partial charge in [0, 0.05) is 5.56 Å². The first-order chi connectivity index (χ1) is 10.0. The van der Waals surface area contributed by atoms with E-state index in [0.717, 1.165) is 0 Å². The Hall–Kier alpha value is -1.78. The number of halogens is 3. The zero-order valence-corrected chi connectivity index (χ0v) is 12.5. The normalized spacial score (nSPS) is 10.3. The molecule has 3 nitrogen and oxygen atoms in total. The molecule has 0 unspecified atom stereocenters. The molecule has 0 aliphatic rings. The largest absolute Gasteiger partial charge is 0.495 e. The lowest BCUT2D eigenvalue weighted by atomic mass is 10.1. The van der Waals surface area contributed by atoms with Crippen LogP contribution in [0.25, 0.3) is 0 Å². The summed E-state index contributed by atoms with van der Waals surface area (Å²) in [6.45, 7) is -0.320. The lowest BCUT2D eigenvalue weighted by molar-refractivity contribution is 0.0918. The molecular formula is C15H11Cl2FO3. The van der Waals surface area contributed by atoms with Gasteiger partial charge in [-0.3, -0.25) is 4.79 Å². The van der Waals surface area contributed by atoms with Gasteiger partial charge in [-0.15, -0.1) is 0 Å². The van der Waals surface area contributed by atoms with E-state index in [-0.39, 0.29) is 23.2 Å². The Morgan fingerprint density at radius 2 is 1.90 bits per heavy atom. The molecule has 0 heterocycles. The minimum Gasteiger partial charge on any atom is -0.495 e. The highest BCUT2D eigenvalue weighted by Gasteiger charge is 2.12. The summed E-state index contributed by atoms with van der Waals surface area (Å²) in [5.74, 6) is -0.635. The highest BCUT2D eigenvalue weighted by molar-refractivity contribution is 6.32. The van der Waals surface area contributed by atoms with E-state index in [4.69, 9.17) is 32.7 Å². The van der Waals surface area contributed by atoms with Crippen molar-refractivity contribution in [3.63, 3.8) is 0 Å². The van der Waals surface area contributed by atoms with E-state index in [9.17, 15) is 9.18 Å². The van der Waals surface area contributed by atoms with Crippen molar-refractivity contribution in [2.75, 3.05) is 13.7 Å². The fraction of sp³-hybridized carbons (Fsp3) is 0.133. The number of rotatable bonds is 5. The molecule has 110 valence electrons. The maximum absolute atomic E-state index is 13.6. The van der Waals surface area contributed by atoms with Gasteiger partial charge in [-0.1, -0.05) is 29.3 Å². The van der Waals surface area contributed by atoms with Gasteiger partial charge >= 0.3 is 0 Å². The fourth-order valence-corrected chi connectivity index (χ4v) is 2.09. The Morgan fingerprint density at radius 3 is 2.57 bits per heavy atom. The quantitative estimate of drug-likeness (QED) is 0.763. The average Bonchev–Trinajstić information content (AvgIpc) is 2.48. The van der Waals surface area contributed by atoms with Crippen LogP contribution in [0.2, 0.25) is 10.0 Å². The number of Topliss-reactive ketones (excluding diaryl/α,β-unsaturated/α-hetero) is 1. The molecule has 2 aromatic rings. The number of hydrogen-bond donors (Lipinski definition) is 0. The molecule has 0 aliphatic heterocycles. The van der Waals surface area contributed by atoms with Crippen LogP contribution < -0.4 is 9.47 Å². The van der Waals surface area contributed by atoms with Crippen LogP contribution in [0.15, 0.2) is 36.4 Å². The maximum atomic E-state index is 13.6. The standard InChI is InChI=1S/C15H11Cl2FO3/c1-20-13-6-5-9(7-11(13)17)12(19)8-21-14-4-2-3-10(16)15(14)18/h2-7H,8H2,1H3. The van der Waals surface area contributed by atoms with Crippen molar-refractivity contribution in [1.29, 1.82) is 0 Å². The van der Waals surface area contributed by atoms with E-state index >= 15 is 0 Å². The zero-order valence-electron chi connectivity index (χ0n) is 11.0. The Balaban J connectivity index is 2.08. The fourth-order valence-electron chi connectivity index (χ4n) is 1.66. The highest BCUT2D eigenvalue weighted by atomic mass is 35.5. The topological polar surface area (TPSA) is 35.5 Å². The molecule has 0 aliphatic carbocycles. The molecular weight excluding hydrogens is 318 g/mol. The summed E-state index contributed by atoms with van der Waals surface area (Å²) in [5, 5.41) is 0.254. The molecule has 0 aromatic heterocycles. The molecule has 0 spiro atoms. The third-order valence-electron chi connectivity index (χ3n) is 2.75. The van der Waals surface area contributed by atoms with Crippen molar-refractivity contribution in [3.8, 4) is 11.5 Å². The van der Waals surface area contributed by atoms with Gasteiger partial charge in [-0.2, -0.15) is 0 Å². The van der Waals surface area contributed by atoms with Gasteiger partial charge < -0.3 is 9.47 Å². The van der Waals surface area contributed by atoms with Gasteiger partial charge in [-0.25, -0.2) is 4.39 Å². The highest BCUT2D eigenvalue weighted by Crippen LogP contribution is 2.26. The molecule has 0 saturated carbocycles. The van der Waals surface area contributed by atoms with Crippen LogP contribution in [-0.2, 0) is 0 Å². The van der Waals surface area contributed by atoms with Crippen molar-refractivity contribution < 1.29 is 18.7 Å². The van der Waals surface area contributed by atoms with Gasteiger partial charge in [0.1, 0.15) is 5.75 Å². The monoisotopic (exact) mass is 328 g/mol. The second kappa shape index (κ2) is 6.78. The smallest absolute Gasteiger partial charge is 0.200 e. The van der Waals surface area contributed by atoms with Crippen LogP contribution in [0.5, 0.6) is 11.5 Å². The number of carbonyl (C=O) groups excluding carboxylic acids is 1. The summed E-state index contributed by atoms with van der Waals surface area (Å²) >= 11 is 11.6. The molecule has 2 aromatic carbocycles. The molecule has 0 atom stereocenters. The number of ketones is 1. The Morgan fingerprint density at radius 1 is 1.14 bits per heavy atom. The van der Waals surface area contributed by atoms with Gasteiger partial charge in [-0.05, 0) is 30.3 Å². The summed E-state index contributed by atoms with van der Waals surface area (Å²) in [4.78, 5) is 12.0. The number of hydrogen-bond acceptors (Lipinski definition) is 3. The summed E-state index contributed by atoms with van der Waals surface area (Å²) < 4.78 is 23.8. The van der Waals surface area contributed by atoms with E-state index < -0.39 is 5.82 Å². The van der Waals surface area contributed by atoms with Crippen LogP contribution in [0, 0.1) is 5.82 Å². The van der Waals surface area contributed by atoms with Crippen molar-refractivity contribution in [2.45, 2.75) is 0 Å². The van der Waals surface area contributed by atoms with Gasteiger partial charge in [0.15, 0.2) is 24.0 Å². The lowest BCUT2D eigenvalue weighted by Crippen LogP contribution is -2.12. The molecule has 6 heteroatoms. The lowest BCUT2D eigenvalue weighted by Gasteiger charge is -2.08. The summed E-state index contributed by atoms with van der Waals surface area (Å²) in [6.07, 6.45) is 0. The molecule has 0 radical (unpaired) electrons. The first-order valence-electron chi connectivity index (χ1n) is 5.96. The first-order valence-corrected chi connectivity index (χ1v) is 6.72. The van der Waals surface area contributed by atoms with Crippen LogP contribution >= 0.6 is 23.2 Å². The Kier molecular flexibility index (Phi) is 5.04. The van der Waals surface area contributed by atoms with Crippen molar-refractivity contribution in [2.24, 2.45) is 0 Å². The molecule has 0 saturated heterocycles. The van der Waals surface area contributed by atoms with Crippen LogP contribution in [0.1, 0.15) is 10.4 Å². The van der Waals surface area contributed by atoms with E-state index in [2.05, 4.69) is 0 Å². The number of methoxy groups -OCH3 is 1. The van der Waals surface area contributed by atoms with Crippen LogP contribution in [0.4, 0.5) is 4.39 Å². The molecule has 0 amide bonds. The van der Waals surface area contributed by atoms with Gasteiger partial charge in [0.05, 0.1) is 17.2 Å². The van der Waals surface area contributed by atoms with E-state index in [0.29, 0.717) is 16.3 Å². The summed E-state index contributed by atoms with van der Waals surface area (Å²) in [7, 11) is 1.48. The Bertz CT molecular complexity index is 674. The van der Waals surface area contributed by atoms with Crippen LogP contribution in [-0.4, -0.2) is 19.5 Å². The van der Waals surface area contributed by atoms with E-state index in [1.165, 1.54) is 31.4 Å². The third kappa shape index (κ3) is 3.65. The number of ether oxygens (including phenoxy) is 2. The minimum absolute atomic E-state index is 0.0626. The molecule has 0 bridgehead atoms. The predicted octanol–water partition coefficient (Wildman–Crippen LogP) is 4.40. The second-order valence-electron chi connectivity index (χ2n) is 4.11. The second-order valence-corrected chi connectivity index (χ2v) is 4.93. The molecule has 2 rings (SSSR count). The zero-order chi connectivity index (χ0) is 15.4. The summed E-state index contributed by atoms with van der Waals surface area (Å²) in [6, 6.07) is 8.94. The Labute approximate surface area is 131 Å². The van der Waals surface area contributed by atoms with Gasteiger partial charge in [0.2, 0.25) is 0 Å². The van der Waals surface area contributed by atoms with E-state index in [1.807, 2.05) is 0 Å². The van der Waals surface area contributed by atoms with Gasteiger partial charge in [0.25, 0.3) is 0 Å². The first kappa shape index (κ1) is 15.6.